The van der Waals surface area contributed by atoms with Crippen LogP contribution in [0, 0.1) is 10.1 Å². The van der Waals surface area contributed by atoms with E-state index in [2.05, 4.69) is 33.4 Å². The third-order valence-electron chi connectivity index (χ3n) is 4.27. The first kappa shape index (κ1) is 24.3. The molecule has 0 atom stereocenters. The van der Waals surface area contributed by atoms with Crippen molar-refractivity contribution in [1.29, 1.82) is 0 Å². The molecule has 0 saturated heterocycles. The normalized spacial score (nSPS) is 10.8. The van der Waals surface area contributed by atoms with E-state index < -0.39 is 10.8 Å². The van der Waals surface area contributed by atoms with Crippen molar-refractivity contribution < 1.29 is 19.2 Å². The van der Waals surface area contributed by atoms with E-state index in [1.807, 2.05) is 13.0 Å². The number of ether oxygens (including phenoxy) is 2. The van der Waals surface area contributed by atoms with E-state index in [9.17, 15) is 14.9 Å². The van der Waals surface area contributed by atoms with Crippen LogP contribution in [-0.2, 0) is 0 Å². The molecule has 9 heteroatoms. The molecule has 0 aliphatic carbocycles. The number of unbranched alkanes of at least 4 members (excludes halogenated alkanes) is 3. The van der Waals surface area contributed by atoms with E-state index in [1.54, 1.807) is 6.07 Å². The second-order valence-electron chi connectivity index (χ2n) is 6.68. The molecule has 31 heavy (non-hydrogen) atoms. The van der Waals surface area contributed by atoms with E-state index in [-0.39, 0.29) is 11.3 Å². The summed E-state index contributed by atoms with van der Waals surface area (Å²) in [6.45, 7) is 5.13. The van der Waals surface area contributed by atoms with Crippen molar-refractivity contribution >= 4 is 33.7 Å². The lowest BCUT2D eigenvalue weighted by Crippen LogP contribution is -2.17. The molecular formula is C22H26BrN3O5. The largest absolute Gasteiger partial charge is 0.490 e. The summed E-state index contributed by atoms with van der Waals surface area (Å²) in [5.74, 6) is 0.672. The highest BCUT2D eigenvalue weighted by Gasteiger charge is 2.13. The second-order valence-corrected chi connectivity index (χ2v) is 7.53. The number of nitro benzene ring substituents is 1. The molecule has 0 aliphatic heterocycles. The zero-order chi connectivity index (χ0) is 22.6. The Morgan fingerprint density at radius 2 is 2.00 bits per heavy atom. The van der Waals surface area contributed by atoms with E-state index in [4.69, 9.17) is 9.47 Å². The van der Waals surface area contributed by atoms with Gasteiger partial charge in [-0.05, 0) is 53.0 Å². The van der Waals surface area contributed by atoms with E-state index in [1.165, 1.54) is 43.3 Å². The predicted molar refractivity (Wildman–Crippen MR) is 123 cm³/mol. The lowest BCUT2D eigenvalue weighted by atomic mass is 10.2. The Kier molecular flexibility index (Phi) is 9.96. The van der Waals surface area contributed by atoms with Crippen LogP contribution in [0.2, 0.25) is 0 Å². The summed E-state index contributed by atoms with van der Waals surface area (Å²) in [6, 6.07) is 9.03. The van der Waals surface area contributed by atoms with Gasteiger partial charge >= 0.3 is 0 Å². The van der Waals surface area contributed by atoms with Gasteiger partial charge in [-0.2, -0.15) is 5.10 Å². The van der Waals surface area contributed by atoms with Gasteiger partial charge in [0.1, 0.15) is 0 Å². The fourth-order valence-corrected chi connectivity index (χ4v) is 3.33. The standard InChI is InChI=1S/C22H26BrN3O5/c1-3-5-6-7-11-31-21-19(23)12-16(13-20(21)30-4-2)15-24-25-22(27)17-9-8-10-18(14-17)26(28)29/h8-10,12-15H,3-7,11H2,1-2H3,(H,25,27)/b24-15+. The number of hydrogen-bond acceptors (Lipinski definition) is 6. The fraction of sp³-hybridized carbons (Fsp3) is 0.364. The summed E-state index contributed by atoms with van der Waals surface area (Å²) in [5.41, 5.74) is 3.05. The van der Waals surface area contributed by atoms with Crippen LogP contribution < -0.4 is 14.9 Å². The molecule has 0 radical (unpaired) electrons. The number of nitrogens with one attached hydrogen (secondary N) is 1. The van der Waals surface area contributed by atoms with Gasteiger partial charge < -0.3 is 9.47 Å². The SMILES string of the molecule is CCCCCCOc1c(Br)cc(/C=N/NC(=O)c2cccc([N+](=O)[O-])c2)cc1OCC. The van der Waals surface area contributed by atoms with Crippen LogP contribution in [0.25, 0.3) is 0 Å². The van der Waals surface area contributed by atoms with E-state index >= 15 is 0 Å². The first-order valence-corrected chi connectivity index (χ1v) is 10.9. The van der Waals surface area contributed by atoms with Crippen LogP contribution in [0.3, 0.4) is 0 Å². The van der Waals surface area contributed by atoms with Crippen LogP contribution in [-0.4, -0.2) is 30.3 Å². The maximum Gasteiger partial charge on any atom is 0.271 e. The highest BCUT2D eigenvalue weighted by atomic mass is 79.9. The number of halogens is 1. The van der Waals surface area contributed by atoms with Gasteiger partial charge in [-0.15, -0.1) is 0 Å². The summed E-state index contributed by atoms with van der Waals surface area (Å²) in [5, 5.41) is 14.8. The zero-order valence-electron chi connectivity index (χ0n) is 17.6. The number of carbonyl (C=O) groups is 1. The molecule has 0 aromatic heterocycles. The van der Waals surface area contributed by atoms with Crippen molar-refractivity contribution in [2.45, 2.75) is 39.5 Å². The summed E-state index contributed by atoms with van der Waals surface area (Å²) >= 11 is 3.51. The number of non-ortho nitro benzene ring substituents is 1. The maximum absolute atomic E-state index is 12.2. The zero-order valence-corrected chi connectivity index (χ0v) is 19.2. The molecule has 0 aliphatic rings. The van der Waals surface area contributed by atoms with Crippen LogP contribution >= 0.6 is 15.9 Å². The Morgan fingerprint density at radius 1 is 1.19 bits per heavy atom. The van der Waals surface area contributed by atoms with Crippen molar-refractivity contribution in [3.05, 3.63) is 62.1 Å². The third-order valence-corrected chi connectivity index (χ3v) is 4.86. The highest BCUT2D eigenvalue weighted by Crippen LogP contribution is 2.36. The van der Waals surface area contributed by atoms with Crippen LogP contribution in [0.5, 0.6) is 11.5 Å². The van der Waals surface area contributed by atoms with Crippen molar-refractivity contribution in [3.63, 3.8) is 0 Å². The lowest BCUT2D eigenvalue weighted by molar-refractivity contribution is -0.384. The first-order chi connectivity index (χ1) is 15.0. The van der Waals surface area contributed by atoms with Gasteiger partial charge in [0.05, 0.1) is 28.8 Å². The van der Waals surface area contributed by atoms with Gasteiger partial charge in [0, 0.05) is 17.7 Å². The molecule has 166 valence electrons. The van der Waals surface area contributed by atoms with E-state index in [0.29, 0.717) is 30.3 Å². The minimum atomic E-state index is -0.555. The number of carbonyl (C=O) groups excluding carboxylic acids is 1. The average Bonchev–Trinajstić information content (AvgIpc) is 2.75. The quantitative estimate of drug-likeness (QED) is 0.183. The molecular weight excluding hydrogens is 466 g/mol. The molecule has 2 aromatic rings. The van der Waals surface area contributed by atoms with Gasteiger partial charge in [-0.25, -0.2) is 5.43 Å². The average molecular weight is 492 g/mol. The Hall–Kier alpha value is -2.94. The van der Waals surface area contributed by atoms with Gasteiger partial charge in [-0.3, -0.25) is 14.9 Å². The summed E-state index contributed by atoms with van der Waals surface area (Å²) in [4.78, 5) is 22.5. The highest BCUT2D eigenvalue weighted by molar-refractivity contribution is 9.10. The monoisotopic (exact) mass is 491 g/mol. The molecule has 0 bridgehead atoms. The van der Waals surface area contributed by atoms with Crippen molar-refractivity contribution in [2.75, 3.05) is 13.2 Å². The molecule has 0 fully saturated rings. The van der Waals surface area contributed by atoms with Gasteiger partial charge in [-0.1, -0.05) is 32.3 Å². The predicted octanol–water partition coefficient (Wildman–Crippen LogP) is 5.48. The van der Waals surface area contributed by atoms with Crippen molar-refractivity contribution in [2.24, 2.45) is 5.10 Å². The maximum atomic E-state index is 12.2. The molecule has 0 saturated carbocycles. The summed E-state index contributed by atoms with van der Waals surface area (Å²) in [6.07, 6.45) is 5.90. The Balaban J connectivity index is 2.06. The summed E-state index contributed by atoms with van der Waals surface area (Å²) < 4.78 is 12.3. The van der Waals surface area contributed by atoms with Gasteiger partial charge in [0.25, 0.3) is 11.6 Å². The molecule has 2 aromatic carbocycles. The molecule has 2 rings (SSSR count). The number of hydrogen-bond donors (Lipinski definition) is 1. The Morgan fingerprint density at radius 3 is 2.71 bits per heavy atom. The number of rotatable bonds is 12. The minimum absolute atomic E-state index is 0.148. The van der Waals surface area contributed by atoms with Gasteiger partial charge in [0.2, 0.25) is 0 Å². The minimum Gasteiger partial charge on any atom is -0.490 e. The smallest absolute Gasteiger partial charge is 0.271 e. The second kappa shape index (κ2) is 12.7. The van der Waals surface area contributed by atoms with Crippen LogP contribution in [0.15, 0.2) is 46.0 Å². The first-order valence-electron chi connectivity index (χ1n) is 10.1. The molecule has 8 nitrogen and oxygen atoms in total. The number of nitrogens with zero attached hydrogens (tertiary/aromatic N) is 2. The lowest BCUT2D eigenvalue weighted by Gasteiger charge is -2.14. The number of amides is 1. The number of nitro groups is 1. The van der Waals surface area contributed by atoms with E-state index in [0.717, 1.165) is 17.3 Å². The number of hydrazone groups is 1. The molecule has 1 N–H and O–H groups in total. The van der Waals surface area contributed by atoms with Crippen LogP contribution in [0.4, 0.5) is 5.69 Å². The van der Waals surface area contributed by atoms with Crippen molar-refractivity contribution in [3.8, 4) is 11.5 Å². The molecule has 0 spiro atoms. The molecule has 0 unspecified atom stereocenters. The Labute approximate surface area is 189 Å². The summed E-state index contributed by atoms with van der Waals surface area (Å²) in [7, 11) is 0. The molecule has 0 heterocycles. The topological polar surface area (TPSA) is 103 Å². The Bertz CT molecular complexity index is 933. The fourth-order valence-electron chi connectivity index (χ4n) is 2.76. The third kappa shape index (κ3) is 7.67. The van der Waals surface area contributed by atoms with Crippen molar-refractivity contribution in [1.82, 2.24) is 5.43 Å². The molecule has 1 amide bonds. The number of benzene rings is 2. The van der Waals surface area contributed by atoms with Crippen LogP contribution in [0.1, 0.15) is 55.5 Å². The van der Waals surface area contributed by atoms with Gasteiger partial charge in [0.15, 0.2) is 11.5 Å².